The first-order chi connectivity index (χ1) is 16.3. The maximum absolute atomic E-state index is 15.0. The Kier molecular flexibility index (Phi) is 5.11. The largest absolute Gasteiger partial charge is 0.496 e. The molecule has 0 saturated heterocycles. The van der Waals surface area contributed by atoms with Crippen molar-refractivity contribution in [3.63, 3.8) is 0 Å². The average molecular weight is 468 g/mol. The van der Waals surface area contributed by atoms with Crippen molar-refractivity contribution in [1.82, 2.24) is 28.9 Å². The van der Waals surface area contributed by atoms with Gasteiger partial charge >= 0.3 is 5.69 Å². The molecule has 0 radical (unpaired) electrons. The minimum absolute atomic E-state index is 0.0736. The van der Waals surface area contributed by atoms with Gasteiger partial charge in [0.2, 0.25) is 6.43 Å². The number of halogens is 3. The van der Waals surface area contributed by atoms with E-state index < -0.39 is 24.4 Å². The number of ether oxygens (including phenoxy) is 1. The van der Waals surface area contributed by atoms with Crippen LogP contribution in [-0.2, 0) is 20.5 Å². The molecular formula is C23H19F3N6O2. The smallest absolute Gasteiger partial charge is 0.333 e. The molecule has 0 amide bonds. The van der Waals surface area contributed by atoms with E-state index in [1.54, 1.807) is 36.3 Å². The summed E-state index contributed by atoms with van der Waals surface area (Å²) < 4.78 is 51.2. The molecule has 0 N–H and O–H groups in total. The highest BCUT2D eigenvalue weighted by Crippen LogP contribution is 2.36. The van der Waals surface area contributed by atoms with E-state index in [0.717, 1.165) is 22.5 Å². The van der Waals surface area contributed by atoms with Crippen molar-refractivity contribution < 1.29 is 17.9 Å². The summed E-state index contributed by atoms with van der Waals surface area (Å²) in [5, 5.41) is 4.73. The van der Waals surface area contributed by atoms with E-state index in [0.29, 0.717) is 33.2 Å². The fourth-order valence-electron chi connectivity index (χ4n) is 4.22. The number of hydrogen-bond acceptors (Lipinski definition) is 5. The summed E-state index contributed by atoms with van der Waals surface area (Å²) in [4.78, 5) is 21.5. The predicted octanol–water partition coefficient (Wildman–Crippen LogP) is 3.63. The molecule has 5 aromatic rings. The Balaban J connectivity index is 1.93. The molecule has 11 heteroatoms. The average Bonchev–Trinajstić information content (AvgIpc) is 3.34. The van der Waals surface area contributed by atoms with Gasteiger partial charge in [0, 0.05) is 61.1 Å². The molecule has 174 valence electrons. The third kappa shape index (κ3) is 3.31. The Bertz CT molecular complexity index is 1620. The molecule has 5 rings (SSSR count). The van der Waals surface area contributed by atoms with Crippen LogP contribution in [0.2, 0.25) is 0 Å². The number of fused-ring (bicyclic) bond motifs is 3. The number of benzene rings is 1. The maximum Gasteiger partial charge on any atom is 0.333 e. The van der Waals surface area contributed by atoms with Gasteiger partial charge in [-0.15, -0.1) is 0 Å². The van der Waals surface area contributed by atoms with Crippen LogP contribution in [0.4, 0.5) is 13.2 Å². The second-order valence-electron chi connectivity index (χ2n) is 7.87. The first-order valence-corrected chi connectivity index (χ1v) is 10.3. The minimum atomic E-state index is -2.74. The Morgan fingerprint density at radius 3 is 2.59 bits per heavy atom. The maximum atomic E-state index is 15.0. The SMILES string of the molecule is COc1cc2ncc3c(c2cc1-c1cnn(C)c1)n(-c1c(F)cncc1CC(F)F)c(=O)n3C. The Morgan fingerprint density at radius 2 is 1.91 bits per heavy atom. The summed E-state index contributed by atoms with van der Waals surface area (Å²) in [6.07, 6.45) is 3.53. The first kappa shape index (κ1) is 21.7. The van der Waals surface area contributed by atoms with Gasteiger partial charge in [0.05, 0.1) is 47.9 Å². The van der Waals surface area contributed by atoms with Crippen molar-refractivity contribution >= 4 is 21.9 Å². The fraction of sp³-hybridized carbons (Fsp3) is 0.217. The fourth-order valence-corrected chi connectivity index (χ4v) is 4.22. The third-order valence-corrected chi connectivity index (χ3v) is 5.77. The minimum Gasteiger partial charge on any atom is -0.496 e. The standard InChI is InChI=1S/C23H19F3N6O2/c1-30-11-13(8-29-30)14-5-15-17(6-19(14)34-3)28-10-18-22(15)32(23(33)31(18)2)21-12(4-20(25)26)7-27-9-16(21)24/h5-11,20H,4H2,1-3H3. The van der Waals surface area contributed by atoms with Crippen LogP contribution in [0.1, 0.15) is 5.56 Å². The molecule has 0 fully saturated rings. The third-order valence-electron chi connectivity index (χ3n) is 5.77. The van der Waals surface area contributed by atoms with E-state index in [2.05, 4.69) is 15.1 Å². The molecule has 0 bridgehead atoms. The van der Waals surface area contributed by atoms with E-state index in [9.17, 15) is 13.6 Å². The zero-order valence-electron chi connectivity index (χ0n) is 18.5. The number of hydrogen-bond donors (Lipinski definition) is 0. The van der Waals surface area contributed by atoms with E-state index in [1.165, 1.54) is 24.9 Å². The topological polar surface area (TPSA) is 79.8 Å². The van der Waals surface area contributed by atoms with Crippen molar-refractivity contribution in [2.45, 2.75) is 12.8 Å². The van der Waals surface area contributed by atoms with Crippen LogP contribution in [0, 0.1) is 5.82 Å². The lowest BCUT2D eigenvalue weighted by atomic mass is 10.0. The van der Waals surface area contributed by atoms with Gasteiger partial charge in [0.15, 0.2) is 5.82 Å². The molecule has 8 nitrogen and oxygen atoms in total. The molecule has 0 aliphatic heterocycles. The molecule has 34 heavy (non-hydrogen) atoms. The first-order valence-electron chi connectivity index (χ1n) is 10.3. The van der Waals surface area contributed by atoms with Crippen molar-refractivity contribution in [3.05, 3.63) is 65.0 Å². The summed E-state index contributed by atoms with van der Waals surface area (Å²) in [6.45, 7) is 0. The Labute approximate surface area is 190 Å². The van der Waals surface area contributed by atoms with Crippen molar-refractivity contribution in [2.75, 3.05) is 7.11 Å². The van der Waals surface area contributed by atoms with Crippen molar-refractivity contribution in [3.8, 4) is 22.6 Å². The molecule has 1 aromatic carbocycles. The quantitative estimate of drug-likeness (QED) is 0.394. The van der Waals surface area contributed by atoms with Gasteiger partial charge in [-0.05, 0) is 6.07 Å². The lowest BCUT2D eigenvalue weighted by Crippen LogP contribution is -2.23. The molecule has 0 aliphatic rings. The molecule has 0 spiro atoms. The van der Waals surface area contributed by atoms with Crippen LogP contribution in [0.3, 0.4) is 0 Å². The second kappa shape index (κ2) is 8.01. The summed E-state index contributed by atoms with van der Waals surface area (Å²) >= 11 is 0. The number of pyridine rings is 2. The van der Waals surface area contributed by atoms with Crippen molar-refractivity contribution in [1.29, 1.82) is 0 Å². The highest BCUT2D eigenvalue weighted by atomic mass is 19.3. The van der Waals surface area contributed by atoms with Gasteiger partial charge in [-0.3, -0.25) is 23.8 Å². The lowest BCUT2D eigenvalue weighted by molar-refractivity contribution is 0.149. The van der Waals surface area contributed by atoms with Crippen LogP contribution < -0.4 is 10.4 Å². The predicted molar refractivity (Wildman–Crippen MR) is 120 cm³/mol. The van der Waals surface area contributed by atoms with E-state index in [1.807, 2.05) is 0 Å². The summed E-state index contributed by atoms with van der Waals surface area (Å²) in [6, 6.07) is 3.49. The Morgan fingerprint density at radius 1 is 1.12 bits per heavy atom. The normalized spacial score (nSPS) is 11.7. The molecule has 0 aliphatic carbocycles. The lowest BCUT2D eigenvalue weighted by Gasteiger charge is -2.13. The van der Waals surface area contributed by atoms with Crippen LogP contribution in [0.25, 0.3) is 38.8 Å². The second-order valence-corrected chi connectivity index (χ2v) is 7.87. The van der Waals surface area contributed by atoms with E-state index >= 15 is 4.39 Å². The highest BCUT2D eigenvalue weighted by Gasteiger charge is 2.23. The molecule has 0 unspecified atom stereocenters. The van der Waals surface area contributed by atoms with E-state index in [-0.39, 0.29) is 11.3 Å². The molecule has 0 atom stereocenters. The number of imidazole rings is 1. The molecule has 4 aromatic heterocycles. The summed E-state index contributed by atoms with van der Waals surface area (Å²) in [5.41, 5.74) is 1.77. The van der Waals surface area contributed by atoms with Crippen LogP contribution in [0.15, 0.2) is 47.9 Å². The van der Waals surface area contributed by atoms with Crippen LogP contribution >= 0.6 is 0 Å². The molecular weight excluding hydrogens is 449 g/mol. The van der Waals surface area contributed by atoms with Gasteiger partial charge in [0.25, 0.3) is 0 Å². The van der Waals surface area contributed by atoms with E-state index in [4.69, 9.17) is 4.74 Å². The summed E-state index contributed by atoms with van der Waals surface area (Å²) in [5.74, 6) is -0.343. The zero-order chi connectivity index (χ0) is 24.1. The van der Waals surface area contributed by atoms with Gasteiger partial charge in [0.1, 0.15) is 5.75 Å². The monoisotopic (exact) mass is 468 g/mol. The zero-order valence-corrected chi connectivity index (χ0v) is 18.5. The Hall–Kier alpha value is -4.15. The molecule has 0 saturated carbocycles. The number of rotatable bonds is 5. The van der Waals surface area contributed by atoms with Gasteiger partial charge < -0.3 is 4.74 Å². The van der Waals surface area contributed by atoms with Gasteiger partial charge in [-0.25, -0.2) is 18.0 Å². The molecule has 4 heterocycles. The highest BCUT2D eigenvalue weighted by molar-refractivity contribution is 6.05. The van der Waals surface area contributed by atoms with Gasteiger partial charge in [-0.1, -0.05) is 0 Å². The van der Waals surface area contributed by atoms with Crippen molar-refractivity contribution in [2.24, 2.45) is 14.1 Å². The number of methoxy groups -OCH3 is 1. The number of nitrogens with zero attached hydrogens (tertiary/aromatic N) is 6. The summed E-state index contributed by atoms with van der Waals surface area (Å²) in [7, 11) is 4.83. The number of aryl methyl sites for hydroxylation is 2. The van der Waals surface area contributed by atoms with Crippen LogP contribution in [-0.4, -0.2) is 42.4 Å². The number of aromatic nitrogens is 6. The number of alkyl halides is 2. The van der Waals surface area contributed by atoms with Gasteiger partial charge in [-0.2, -0.15) is 5.10 Å². The van der Waals surface area contributed by atoms with Crippen LogP contribution in [0.5, 0.6) is 5.75 Å².